The lowest BCUT2D eigenvalue weighted by molar-refractivity contribution is -0.172. The van der Waals surface area contributed by atoms with Gasteiger partial charge in [0.05, 0.1) is 0 Å². The molecule has 0 spiro atoms. The molecule has 1 aromatic rings. The zero-order valence-corrected chi connectivity index (χ0v) is 27.7. The molecule has 2 saturated heterocycles. The number of ether oxygens (including phenoxy) is 2. The number of piperidine rings is 2. The Kier molecular flexibility index (Phi) is 9.67. The molecule has 3 rings (SSSR count). The summed E-state index contributed by atoms with van der Waals surface area (Å²) in [6.07, 6.45) is 2.19. The normalized spacial score (nSPS) is 22.2. The van der Waals surface area contributed by atoms with Crippen molar-refractivity contribution in [2.75, 3.05) is 0 Å². The predicted molar refractivity (Wildman–Crippen MR) is 164 cm³/mol. The molecule has 2 heterocycles. The molecule has 0 aromatic heterocycles. The Hall–Kier alpha value is -2.12. The maximum absolute atomic E-state index is 13.9. The van der Waals surface area contributed by atoms with Crippen LogP contribution in [0.3, 0.4) is 0 Å². The highest BCUT2D eigenvalue weighted by atomic mass is 16.6. The number of carbonyl (C=O) groups is 2. The Bertz CT molecular complexity index is 1010. The number of rotatable bonds is 8. The van der Waals surface area contributed by atoms with Gasteiger partial charge in [-0.25, -0.2) is 0 Å². The Labute approximate surface area is 248 Å². The molecule has 2 aliphatic heterocycles. The smallest absolute Gasteiger partial charge is 0.320 e. The van der Waals surface area contributed by atoms with Crippen molar-refractivity contribution >= 4 is 11.9 Å². The van der Waals surface area contributed by atoms with Crippen molar-refractivity contribution in [1.82, 2.24) is 10.6 Å². The number of nitrogens with one attached hydrogen (secondary N) is 2. The van der Waals surface area contributed by atoms with E-state index in [2.05, 4.69) is 66.0 Å². The molecule has 2 aliphatic rings. The number of phenolic OH excluding ortho intramolecular Hbond substituents is 1. The number of phenols is 1. The van der Waals surface area contributed by atoms with E-state index in [0.717, 1.165) is 16.7 Å². The van der Waals surface area contributed by atoms with E-state index in [9.17, 15) is 14.7 Å². The maximum Gasteiger partial charge on any atom is 0.320 e. The fourth-order valence-corrected chi connectivity index (χ4v) is 7.36. The Morgan fingerprint density at radius 2 is 1.05 bits per heavy atom. The fourth-order valence-electron chi connectivity index (χ4n) is 7.36. The lowest BCUT2D eigenvalue weighted by Crippen LogP contribution is -2.60. The summed E-state index contributed by atoms with van der Waals surface area (Å²) in [7, 11) is 0. The third-order valence-corrected chi connectivity index (χ3v) is 8.35. The van der Waals surface area contributed by atoms with E-state index >= 15 is 0 Å². The summed E-state index contributed by atoms with van der Waals surface area (Å²) in [4.78, 5) is 27.8. The van der Waals surface area contributed by atoms with Crippen LogP contribution in [-0.2, 0) is 25.5 Å². The van der Waals surface area contributed by atoms with Crippen LogP contribution in [0, 0.1) is 5.92 Å². The van der Waals surface area contributed by atoms with Gasteiger partial charge in [-0.2, -0.15) is 0 Å². The lowest BCUT2D eigenvalue weighted by Gasteiger charge is -2.46. The van der Waals surface area contributed by atoms with E-state index < -0.39 is 17.9 Å². The van der Waals surface area contributed by atoms with Crippen LogP contribution in [0.15, 0.2) is 12.1 Å². The highest BCUT2D eigenvalue weighted by Gasteiger charge is 2.43. The van der Waals surface area contributed by atoms with Crippen LogP contribution in [0.4, 0.5) is 0 Å². The number of hydrogen-bond donors (Lipinski definition) is 3. The van der Waals surface area contributed by atoms with Crippen molar-refractivity contribution in [3.05, 3.63) is 28.8 Å². The molecule has 0 aliphatic carbocycles. The van der Waals surface area contributed by atoms with Gasteiger partial charge in [-0.15, -0.1) is 0 Å². The molecule has 232 valence electrons. The molecular formula is C34H56N2O5. The molecule has 3 N–H and O–H groups in total. The van der Waals surface area contributed by atoms with E-state index in [0.29, 0.717) is 31.4 Å². The monoisotopic (exact) mass is 572 g/mol. The van der Waals surface area contributed by atoms with Crippen molar-refractivity contribution in [2.24, 2.45) is 5.92 Å². The second-order valence-corrected chi connectivity index (χ2v) is 15.9. The summed E-state index contributed by atoms with van der Waals surface area (Å²) in [5, 5.41) is 18.2. The van der Waals surface area contributed by atoms with E-state index in [1.165, 1.54) is 0 Å². The van der Waals surface area contributed by atoms with Crippen molar-refractivity contribution in [3.63, 3.8) is 0 Å². The van der Waals surface area contributed by atoms with Gasteiger partial charge in [0, 0.05) is 47.8 Å². The SMILES string of the molecule is CC(C)c1cc(CC(C(=O)OC2CC(C)(C)NC(C)(C)C2)C(=O)OC2CC(C)(C)NC(C)(C)C2)cc(C(C)C)c1O. The molecule has 0 atom stereocenters. The number of benzene rings is 1. The van der Waals surface area contributed by atoms with Crippen molar-refractivity contribution < 1.29 is 24.2 Å². The van der Waals surface area contributed by atoms with Gasteiger partial charge < -0.3 is 25.2 Å². The standard InChI is InChI=1S/C34H56N2O5/c1-20(2)25-13-22(14-26(21(3)4)28(25)37)15-27(29(38)40-23-16-31(5,6)35-32(7,8)17-23)30(39)41-24-18-33(9,10)36-34(11,12)19-24/h13-14,20-21,23-24,27,35-37H,15-19H2,1-12H3. The second-order valence-electron chi connectivity index (χ2n) is 15.9. The number of carbonyl (C=O) groups excluding carboxylic acids is 2. The molecule has 0 amide bonds. The van der Waals surface area contributed by atoms with Crippen LogP contribution in [0.25, 0.3) is 0 Å². The summed E-state index contributed by atoms with van der Waals surface area (Å²) < 4.78 is 12.3. The molecule has 7 heteroatoms. The van der Waals surface area contributed by atoms with Gasteiger partial charge in [-0.1, -0.05) is 39.8 Å². The van der Waals surface area contributed by atoms with Gasteiger partial charge >= 0.3 is 11.9 Å². The molecule has 0 radical (unpaired) electrons. The molecule has 41 heavy (non-hydrogen) atoms. The minimum atomic E-state index is -1.10. The largest absolute Gasteiger partial charge is 0.507 e. The molecule has 2 fully saturated rings. The lowest BCUT2D eigenvalue weighted by atomic mass is 9.80. The molecule has 0 saturated carbocycles. The summed E-state index contributed by atoms with van der Waals surface area (Å²) >= 11 is 0. The van der Waals surface area contributed by atoms with E-state index in [4.69, 9.17) is 9.47 Å². The van der Waals surface area contributed by atoms with Gasteiger partial charge in [0.2, 0.25) is 0 Å². The van der Waals surface area contributed by atoms with E-state index in [1.807, 2.05) is 39.8 Å². The van der Waals surface area contributed by atoms with Gasteiger partial charge in [-0.05, 0) is 90.3 Å². The van der Waals surface area contributed by atoms with Crippen LogP contribution in [-0.4, -0.2) is 51.4 Å². The molecule has 0 bridgehead atoms. The molecule has 1 aromatic carbocycles. The van der Waals surface area contributed by atoms with Crippen molar-refractivity contribution in [1.29, 1.82) is 0 Å². The Morgan fingerprint density at radius 3 is 1.34 bits per heavy atom. The van der Waals surface area contributed by atoms with Crippen LogP contribution in [0.1, 0.15) is 137 Å². The first kappa shape index (κ1) is 33.4. The topological polar surface area (TPSA) is 96.9 Å². The van der Waals surface area contributed by atoms with Crippen molar-refractivity contribution in [3.8, 4) is 5.75 Å². The van der Waals surface area contributed by atoms with Crippen LogP contribution in [0.5, 0.6) is 5.75 Å². The number of esters is 2. The second kappa shape index (κ2) is 11.9. The first-order valence-corrected chi connectivity index (χ1v) is 15.4. The molecular weight excluding hydrogens is 516 g/mol. The minimum absolute atomic E-state index is 0.0863. The summed E-state index contributed by atoms with van der Waals surface area (Å²) in [5.74, 6) is -1.70. The average Bonchev–Trinajstić information content (AvgIpc) is 2.73. The predicted octanol–water partition coefficient (Wildman–Crippen LogP) is 6.50. The third-order valence-electron chi connectivity index (χ3n) is 8.35. The zero-order chi connectivity index (χ0) is 31.1. The van der Waals surface area contributed by atoms with Crippen molar-refractivity contribution in [2.45, 2.75) is 161 Å². The first-order chi connectivity index (χ1) is 18.6. The highest BCUT2D eigenvalue weighted by Crippen LogP contribution is 2.37. The number of hydrogen-bond acceptors (Lipinski definition) is 7. The minimum Gasteiger partial charge on any atom is -0.507 e. The van der Waals surface area contributed by atoms with Gasteiger partial charge in [0.25, 0.3) is 0 Å². The van der Waals surface area contributed by atoms with Crippen LogP contribution >= 0.6 is 0 Å². The zero-order valence-electron chi connectivity index (χ0n) is 27.7. The molecule has 7 nitrogen and oxygen atoms in total. The van der Waals surface area contributed by atoms with Gasteiger partial charge in [0.1, 0.15) is 18.0 Å². The van der Waals surface area contributed by atoms with E-state index in [1.54, 1.807) is 0 Å². The Balaban J connectivity index is 1.94. The summed E-state index contributed by atoms with van der Waals surface area (Å²) in [6.45, 7) is 25.0. The third kappa shape index (κ3) is 8.93. The van der Waals surface area contributed by atoms with E-state index in [-0.39, 0.29) is 52.6 Å². The van der Waals surface area contributed by atoms with Gasteiger partial charge in [0.15, 0.2) is 5.92 Å². The number of aromatic hydroxyl groups is 1. The van der Waals surface area contributed by atoms with Gasteiger partial charge in [-0.3, -0.25) is 9.59 Å². The maximum atomic E-state index is 13.9. The summed E-state index contributed by atoms with van der Waals surface area (Å²) in [5.41, 5.74) is 1.64. The fraction of sp³-hybridized carbons (Fsp3) is 0.765. The quantitative estimate of drug-likeness (QED) is 0.242. The van der Waals surface area contributed by atoms with Crippen LogP contribution in [0.2, 0.25) is 0 Å². The average molecular weight is 573 g/mol. The molecule has 0 unspecified atom stereocenters. The highest BCUT2D eigenvalue weighted by molar-refractivity contribution is 5.95. The summed E-state index contributed by atoms with van der Waals surface area (Å²) in [6, 6.07) is 3.85. The Morgan fingerprint density at radius 1 is 0.732 bits per heavy atom. The first-order valence-electron chi connectivity index (χ1n) is 15.4. The van der Waals surface area contributed by atoms with Crippen LogP contribution < -0.4 is 10.6 Å².